The summed E-state index contributed by atoms with van der Waals surface area (Å²) in [5.41, 5.74) is 0. The van der Waals surface area contributed by atoms with Crippen molar-refractivity contribution in [2.24, 2.45) is 5.92 Å². The molecular formula is C15H30N2O2. The fourth-order valence-corrected chi connectivity index (χ4v) is 2.83. The lowest BCUT2D eigenvalue weighted by atomic mass is 9.86. The molecule has 1 aliphatic carbocycles. The molecule has 1 atom stereocenters. The Bertz CT molecular complexity index is 263. The van der Waals surface area contributed by atoms with Gasteiger partial charge in [0, 0.05) is 12.6 Å². The summed E-state index contributed by atoms with van der Waals surface area (Å²) in [5.74, 6) is 0.141. The maximum Gasteiger partial charge on any atom is 0.320 e. The van der Waals surface area contributed by atoms with Gasteiger partial charge in [0.05, 0.1) is 0 Å². The molecule has 1 saturated carbocycles. The molecule has 0 spiro atoms. The molecule has 4 nitrogen and oxygen atoms in total. The van der Waals surface area contributed by atoms with E-state index in [1.807, 2.05) is 0 Å². The van der Waals surface area contributed by atoms with Crippen LogP contribution in [0, 0.1) is 5.92 Å². The first-order chi connectivity index (χ1) is 9.04. The minimum Gasteiger partial charge on any atom is -0.480 e. The molecule has 19 heavy (non-hydrogen) atoms. The smallest absolute Gasteiger partial charge is 0.320 e. The topological polar surface area (TPSA) is 52.6 Å². The van der Waals surface area contributed by atoms with Crippen LogP contribution in [0.4, 0.5) is 0 Å². The number of aliphatic carboxylic acids is 1. The largest absolute Gasteiger partial charge is 0.480 e. The second-order valence-corrected chi connectivity index (χ2v) is 6.03. The third kappa shape index (κ3) is 5.91. The molecule has 4 heteroatoms. The molecule has 0 aromatic heterocycles. The summed E-state index contributed by atoms with van der Waals surface area (Å²) in [5, 5.41) is 12.3. The quantitative estimate of drug-likeness (QED) is 0.711. The maximum atomic E-state index is 11.2. The number of hydrogen-bond donors (Lipinski definition) is 2. The summed E-state index contributed by atoms with van der Waals surface area (Å²) in [7, 11) is 2.14. The molecule has 0 amide bonds. The Balaban J connectivity index is 2.30. The van der Waals surface area contributed by atoms with Crippen LogP contribution in [0.5, 0.6) is 0 Å². The molecule has 0 aromatic rings. The number of nitrogens with zero attached hydrogens (tertiary/aromatic N) is 1. The van der Waals surface area contributed by atoms with E-state index >= 15 is 0 Å². The highest BCUT2D eigenvalue weighted by Gasteiger charge is 2.23. The van der Waals surface area contributed by atoms with Gasteiger partial charge in [0.15, 0.2) is 0 Å². The number of carboxylic acid groups (broad SMARTS) is 1. The van der Waals surface area contributed by atoms with E-state index in [1.165, 1.54) is 25.7 Å². The number of rotatable bonds is 8. The van der Waals surface area contributed by atoms with E-state index in [0.717, 1.165) is 25.4 Å². The van der Waals surface area contributed by atoms with Crippen molar-refractivity contribution in [2.45, 2.75) is 64.5 Å². The third-order valence-electron chi connectivity index (χ3n) is 4.32. The predicted molar refractivity (Wildman–Crippen MR) is 78.4 cm³/mol. The van der Waals surface area contributed by atoms with Crippen LogP contribution >= 0.6 is 0 Å². The van der Waals surface area contributed by atoms with Crippen molar-refractivity contribution in [1.82, 2.24) is 10.2 Å². The van der Waals surface area contributed by atoms with Gasteiger partial charge < -0.3 is 15.3 Å². The first kappa shape index (κ1) is 16.4. The van der Waals surface area contributed by atoms with Crippen LogP contribution in [0.3, 0.4) is 0 Å². The van der Waals surface area contributed by atoms with Gasteiger partial charge in [-0.3, -0.25) is 4.79 Å². The van der Waals surface area contributed by atoms with Gasteiger partial charge in [-0.25, -0.2) is 0 Å². The highest BCUT2D eigenvalue weighted by atomic mass is 16.4. The van der Waals surface area contributed by atoms with Gasteiger partial charge in [-0.15, -0.1) is 0 Å². The summed E-state index contributed by atoms with van der Waals surface area (Å²) in [6.07, 6.45) is 6.81. The minimum atomic E-state index is -0.723. The standard InChI is InChI=1S/C15H30N2O2/c1-4-10-16-14(15(18)19)9-11-17(3)13-7-5-12(2)6-8-13/h12-14,16H,4-11H2,1-3H3,(H,18,19). The van der Waals surface area contributed by atoms with Crippen molar-refractivity contribution in [3.8, 4) is 0 Å². The monoisotopic (exact) mass is 270 g/mol. The lowest BCUT2D eigenvalue weighted by Gasteiger charge is -2.34. The van der Waals surface area contributed by atoms with Gasteiger partial charge in [-0.2, -0.15) is 0 Å². The molecule has 0 aliphatic heterocycles. The number of carbonyl (C=O) groups is 1. The second-order valence-electron chi connectivity index (χ2n) is 6.03. The lowest BCUT2D eigenvalue weighted by Crippen LogP contribution is -2.42. The average molecular weight is 270 g/mol. The van der Waals surface area contributed by atoms with E-state index < -0.39 is 12.0 Å². The summed E-state index contributed by atoms with van der Waals surface area (Å²) >= 11 is 0. The fourth-order valence-electron chi connectivity index (χ4n) is 2.83. The van der Waals surface area contributed by atoms with Crippen molar-refractivity contribution in [2.75, 3.05) is 20.1 Å². The van der Waals surface area contributed by atoms with Crippen molar-refractivity contribution in [1.29, 1.82) is 0 Å². The van der Waals surface area contributed by atoms with Crippen LogP contribution in [0.25, 0.3) is 0 Å². The molecule has 1 aliphatic rings. The number of carboxylic acids is 1. The van der Waals surface area contributed by atoms with Crippen molar-refractivity contribution >= 4 is 5.97 Å². The van der Waals surface area contributed by atoms with Crippen LogP contribution in [0.15, 0.2) is 0 Å². The Morgan fingerprint density at radius 3 is 2.53 bits per heavy atom. The summed E-state index contributed by atoms with van der Waals surface area (Å²) in [6, 6.07) is 0.252. The normalized spacial score (nSPS) is 25.5. The zero-order valence-electron chi connectivity index (χ0n) is 12.7. The van der Waals surface area contributed by atoms with Gasteiger partial charge in [-0.1, -0.05) is 13.8 Å². The van der Waals surface area contributed by atoms with E-state index in [0.29, 0.717) is 12.5 Å². The van der Waals surface area contributed by atoms with E-state index in [9.17, 15) is 9.90 Å². The summed E-state index contributed by atoms with van der Waals surface area (Å²) in [4.78, 5) is 13.5. The molecule has 0 bridgehead atoms. The molecule has 1 unspecified atom stereocenters. The first-order valence-electron chi connectivity index (χ1n) is 7.71. The molecule has 2 N–H and O–H groups in total. The second kappa shape index (κ2) is 8.54. The molecular weight excluding hydrogens is 240 g/mol. The first-order valence-corrected chi connectivity index (χ1v) is 7.71. The molecule has 112 valence electrons. The van der Waals surface area contributed by atoms with Crippen LogP contribution in [0.2, 0.25) is 0 Å². The summed E-state index contributed by atoms with van der Waals surface area (Å²) in [6.45, 7) is 6.03. The van der Waals surface area contributed by atoms with Crippen LogP contribution in [-0.4, -0.2) is 48.2 Å². The van der Waals surface area contributed by atoms with E-state index in [-0.39, 0.29) is 0 Å². The van der Waals surface area contributed by atoms with Crippen molar-refractivity contribution in [3.05, 3.63) is 0 Å². The average Bonchev–Trinajstić information content (AvgIpc) is 2.39. The van der Waals surface area contributed by atoms with E-state index in [2.05, 4.69) is 31.1 Å². The Hall–Kier alpha value is -0.610. The van der Waals surface area contributed by atoms with Crippen LogP contribution in [-0.2, 0) is 4.79 Å². The number of nitrogens with one attached hydrogen (secondary N) is 1. The molecule has 1 rings (SSSR count). The van der Waals surface area contributed by atoms with Gasteiger partial charge in [0.2, 0.25) is 0 Å². The van der Waals surface area contributed by atoms with Crippen molar-refractivity contribution < 1.29 is 9.90 Å². The van der Waals surface area contributed by atoms with Gasteiger partial charge in [0.25, 0.3) is 0 Å². The minimum absolute atomic E-state index is 0.398. The Labute approximate surface area is 117 Å². The van der Waals surface area contributed by atoms with Crippen LogP contribution in [0.1, 0.15) is 52.4 Å². The maximum absolute atomic E-state index is 11.2. The Morgan fingerprint density at radius 2 is 2.00 bits per heavy atom. The van der Waals surface area contributed by atoms with Gasteiger partial charge in [-0.05, 0) is 58.0 Å². The third-order valence-corrected chi connectivity index (χ3v) is 4.32. The molecule has 0 radical (unpaired) electrons. The van der Waals surface area contributed by atoms with Crippen molar-refractivity contribution in [3.63, 3.8) is 0 Å². The van der Waals surface area contributed by atoms with Gasteiger partial charge >= 0.3 is 5.97 Å². The Morgan fingerprint density at radius 1 is 1.37 bits per heavy atom. The van der Waals surface area contributed by atoms with Gasteiger partial charge in [0.1, 0.15) is 6.04 Å². The highest BCUT2D eigenvalue weighted by Crippen LogP contribution is 2.26. The highest BCUT2D eigenvalue weighted by molar-refractivity contribution is 5.73. The van der Waals surface area contributed by atoms with E-state index in [4.69, 9.17) is 0 Å². The van der Waals surface area contributed by atoms with E-state index in [1.54, 1.807) is 0 Å². The molecule has 0 aromatic carbocycles. The fraction of sp³-hybridized carbons (Fsp3) is 0.933. The predicted octanol–water partition coefficient (Wildman–Crippen LogP) is 2.34. The summed E-state index contributed by atoms with van der Waals surface area (Å²) < 4.78 is 0. The number of hydrogen-bond acceptors (Lipinski definition) is 3. The molecule has 0 heterocycles. The van der Waals surface area contributed by atoms with Crippen LogP contribution < -0.4 is 5.32 Å². The zero-order chi connectivity index (χ0) is 14.3. The Kier molecular flexibility index (Phi) is 7.39. The molecule has 1 fully saturated rings. The molecule has 0 saturated heterocycles. The lowest BCUT2D eigenvalue weighted by molar-refractivity contribution is -0.139. The zero-order valence-corrected chi connectivity index (χ0v) is 12.7. The SMILES string of the molecule is CCCNC(CCN(C)C1CCC(C)CC1)C(=O)O.